The van der Waals surface area contributed by atoms with E-state index in [9.17, 15) is 0 Å². The van der Waals surface area contributed by atoms with Crippen LogP contribution in [-0.4, -0.2) is 16.5 Å². The van der Waals surface area contributed by atoms with Crippen LogP contribution in [0.5, 0.6) is 0 Å². The van der Waals surface area contributed by atoms with Gasteiger partial charge in [-0.1, -0.05) is 18.2 Å². The summed E-state index contributed by atoms with van der Waals surface area (Å²) >= 11 is 0. The van der Waals surface area contributed by atoms with Gasteiger partial charge in [0.05, 0.1) is 5.69 Å². The van der Waals surface area contributed by atoms with E-state index < -0.39 is 0 Å². The SMILES string of the molecule is NCC1(c2nccc(-c3coc4ccccc34)n2)CC1. The fourth-order valence-electron chi connectivity index (χ4n) is 2.61. The van der Waals surface area contributed by atoms with E-state index >= 15 is 0 Å². The number of benzene rings is 1. The van der Waals surface area contributed by atoms with E-state index in [1.54, 1.807) is 6.26 Å². The fourth-order valence-corrected chi connectivity index (χ4v) is 2.61. The molecule has 0 atom stereocenters. The van der Waals surface area contributed by atoms with Gasteiger partial charge < -0.3 is 10.2 Å². The topological polar surface area (TPSA) is 64.9 Å². The van der Waals surface area contributed by atoms with E-state index in [1.165, 1.54) is 0 Å². The Balaban J connectivity index is 1.85. The highest BCUT2D eigenvalue weighted by Crippen LogP contribution is 2.45. The Kier molecular flexibility index (Phi) is 2.41. The second-order valence-corrected chi connectivity index (χ2v) is 5.40. The average Bonchev–Trinajstić information content (AvgIpc) is 3.20. The van der Waals surface area contributed by atoms with Crippen LogP contribution < -0.4 is 5.73 Å². The number of nitrogens with two attached hydrogens (primary N) is 1. The maximum absolute atomic E-state index is 5.86. The number of fused-ring (bicyclic) bond motifs is 1. The molecule has 0 bridgehead atoms. The first-order valence-corrected chi connectivity index (χ1v) is 6.83. The minimum absolute atomic E-state index is 0.00947. The first-order valence-electron chi connectivity index (χ1n) is 6.83. The lowest BCUT2D eigenvalue weighted by Gasteiger charge is -2.11. The highest BCUT2D eigenvalue weighted by molar-refractivity contribution is 5.92. The summed E-state index contributed by atoms with van der Waals surface area (Å²) in [5.41, 5.74) is 8.66. The molecule has 100 valence electrons. The number of rotatable bonds is 3. The zero-order valence-corrected chi connectivity index (χ0v) is 11.0. The smallest absolute Gasteiger partial charge is 0.136 e. The quantitative estimate of drug-likeness (QED) is 0.790. The van der Waals surface area contributed by atoms with Crippen LogP contribution >= 0.6 is 0 Å². The maximum atomic E-state index is 5.86. The van der Waals surface area contributed by atoms with Crippen molar-refractivity contribution in [2.75, 3.05) is 6.54 Å². The van der Waals surface area contributed by atoms with Crippen molar-refractivity contribution >= 4 is 11.0 Å². The van der Waals surface area contributed by atoms with Crippen molar-refractivity contribution in [3.05, 3.63) is 48.6 Å². The van der Waals surface area contributed by atoms with Gasteiger partial charge in [0, 0.05) is 29.1 Å². The summed E-state index contributed by atoms with van der Waals surface area (Å²) in [4.78, 5) is 9.13. The van der Waals surface area contributed by atoms with E-state index in [1.807, 2.05) is 36.5 Å². The second-order valence-electron chi connectivity index (χ2n) is 5.40. The minimum atomic E-state index is 0.00947. The van der Waals surface area contributed by atoms with Crippen LogP contribution in [0.2, 0.25) is 0 Å². The second kappa shape index (κ2) is 4.15. The molecule has 1 aliphatic rings. The third-order valence-corrected chi connectivity index (χ3v) is 4.13. The standard InChI is InChI=1S/C16H15N3O/c17-10-16(6-7-16)15-18-8-5-13(19-15)12-9-20-14-4-2-1-3-11(12)14/h1-5,8-9H,6-7,10,17H2. The Labute approximate surface area is 116 Å². The van der Waals surface area contributed by atoms with Crippen LogP contribution in [0.3, 0.4) is 0 Å². The van der Waals surface area contributed by atoms with Crippen molar-refractivity contribution in [2.24, 2.45) is 5.73 Å². The molecule has 0 amide bonds. The van der Waals surface area contributed by atoms with E-state index in [2.05, 4.69) is 4.98 Å². The number of hydrogen-bond donors (Lipinski definition) is 1. The Morgan fingerprint density at radius 3 is 2.85 bits per heavy atom. The van der Waals surface area contributed by atoms with Crippen molar-refractivity contribution in [3.8, 4) is 11.3 Å². The molecule has 1 aliphatic carbocycles. The van der Waals surface area contributed by atoms with Gasteiger partial charge in [-0.25, -0.2) is 9.97 Å². The Morgan fingerprint density at radius 1 is 1.20 bits per heavy atom. The van der Waals surface area contributed by atoms with E-state index in [4.69, 9.17) is 15.1 Å². The predicted octanol–water partition coefficient (Wildman–Crippen LogP) is 2.88. The number of aromatic nitrogens is 2. The molecule has 0 saturated heterocycles. The Hall–Kier alpha value is -2.20. The molecule has 1 saturated carbocycles. The zero-order valence-electron chi connectivity index (χ0n) is 11.0. The molecule has 3 aromatic rings. The van der Waals surface area contributed by atoms with Crippen molar-refractivity contribution in [2.45, 2.75) is 18.3 Å². The Morgan fingerprint density at radius 2 is 2.05 bits per heavy atom. The molecule has 4 heteroatoms. The first kappa shape index (κ1) is 11.6. The molecule has 0 aliphatic heterocycles. The zero-order chi connectivity index (χ0) is 13.6. The van der Waals surface area contributed by atoms with Gasteiger partial charge in [-0.3, -0.25) is 0 Å². The summed E-state index contributed by atoms with van der Waals surface area (Å²) in [5, 5.41) is 1.08. The molecule has 0 spiro atoms. The lowest BCUT2D eigenvalue weighted by molar-refractivity contribution is 0.616. The van der Waals surface area contributed by atoms with Crippen LogP contribution in [0.4, 0.5) is 0 Å². The van der Waals surface area contributed by atoms with Crippen LogP contribution in [-0.2, 0) is 5.41 Å². The molecule has 4 nitrogen and oxygen atoms in total. The van der Waals surface area contributed by atoms with Crippen LogP contribution in [0.1, 0.15) is 18.7 Å². The lowest BCUT2D eigenvalue weighted by Crippen LogP contribution is -2.22. The summed E-state index contributed by atoms with van der Waals surface area (Å²) in [6.45, 7) is 0.614. The summed E-state index contributed by atoms with van der Waals surface area (Å²) in [7, 11) is 0. The fraction of sp³-hybridized carbons (Fsp3) is 0.250. The minimum Gasteiger partial charge on any atom is -0.464 e. The van der Waals surface area contributed by atoms with Gasteiger partial charge in [0.15, 0.2) is 0 Å². The van der Waals surface area contributed by atoms with Gasteiger partial charge in [-0.05, 0) is 25.0 Å². The average molecular weight is 265 g/mol. The molecule has 0 unspecified atom stereocenters. The monoisotopic (exact) mass is 265 g/mol. The van der Waals surface area contributed by atoms with E-state index in [0.29, 0.717) is 6.54 Å². The van der Waals surface area contributed by atoms with Gasteiger partial charge in [-0.2, -0.15) is 0 Å². The number of furan rings is 1. The van der Waals surface area contributed by atoms with Gasteiger partial charge in [0.25, 0.3) is 0 Å². The first-order chi connectivity index (χ1) is 9.82. The lowest BCUT2D eigenvalue weighted by atomic mass is 10.1. The van der Waals surface area contributed by atoms with Crippen molar-refractivity contribution in [1.29, 1.82) is 0 Å². The summed E-state index contributed by atoms with van der Waals surface area (Å²) in [6.07, 6.45) is 5.74. The Bertz CT molecular complexity index is 774. The van der Waals surface area contributed by atoms with Crippen molar-refractivity contribution in [1.82, 2.24) is 9.97 Å². The molecule has 2 aromatic heterocycles. The van der Waals surface area contributed by atoms with Gasteiger partial charge in [0.1, 0.15) is 17.7 Å². The molecule has 1 aromatic carbocycles. The van der Waals surface area contributed by atoms with Crippen molar-refractivity contribution in [3.63, 3.8) is 0 Å². The number of nitrogens with zero attached hydrogens (tertiary/aromatic N) is 2. The highest BCUT2D eigenvalue weighted by Gasteiger charge is 2.45. The molecule has 2 N–H and O–H groups in total. The largest absolute Gasteiger partial charge is 0.464 e. The molecule has 4 rings (SSSR count). The number of hydrogen-bond acceptors (Lipinski definition) is 4. The third-order valence-electron chi connectivity index (χ3n) is 4.13. The summed E-state index contributed by atoms with van der Waals surface area (Å²) in [6, 6.07) is 9.91. The third kappa shape index (κ3) is 1.65. The molecular formula is C16H15N3O. The van der Waals surface area contributed by atoms with Crippen molar-refractivity contribution < 1.29 is 4.42 Å². The molecule has 2 heterocycles. The molecule has 0 radical (unpaired) electrons. The summed E-state index contributed by atoms with van der Waals surface area (Å²) < 4.78 is 5.59. The number of para-hydroxylation sites is 1. The van der Waals surface area contributed by atoms with E-state index in [-0.39, 0.29) is 5.41 Å². The van der Waals surface area contributed by atoms with Crippen LogP contribution in [0.15, 0.2) is 47.2 Å². The van der Waals surface area contributed by atoms with Crippen LogP contribution in [0, 0.1) is 0 Å². The van der Waals surface area contributed by atoms with Gasteiger partial charge in [0.2, 0.25) is 0 Å². The molecule has 20 heavy (non-hydrogen) atoms. The highest BCUT2D eigenvalue weighted by atomic mass is 16.3. The van der Waals surface area contributed by atoms with E-state index in [0.717, 1.165) is 40.9 Å². The molecule has 1 fully saturated rings. The normalized spacial score (nSPS) is 16.4. The molecular weight excluding hydrogens is 250 g/mol. The van der Waals surface area contributed by atoms with Crippen LogP contribution in [0.25, 0.3) is 22.2 Å². The predicted molar refractivity (Wildman–Crippen MR) is 77.2 cm³/mol. The van der Waals surface area contributed by atoms with Gasteiger partial charge >= 0.3 is 0 Å². The maximum Gasteiger partial charge on any atom is 0.136 e. The van der Waals surface area contributed by atoms with Gasteiger partial charge in [-0.15, -0.1) is 0 Å². The summed E-state index contributed by atoms with van der Waals surface area (Å²) in [5.74, 6) is 0.864.